The summed E-state index contributed by atoms with van der Waals surface area (Å²) in [7, 11) is 3.52. The zero-order chi connectivity index (χ0) is 22.4. The van der Waals surface area contributed by atoms with E-state index in [0.717, 1.165) is 12.0 Å². The highest BCUT2D eigenvalue weighted by molar-refractivity contribution is 6.41. The van der Waals surface area contributed by atoms with Gasteiger partial charge in [0.2, 0.25) is 0 Å². The van der Waals surface area contributed by atoms with Gasteiger partial charge in [-0.3, -0.25) is 0 Å². The fourth-order valence-electron chi connectivity index (χ4n) is 2.73. The second-order valence-electron chi connectivity index (χ2n) is 6.56. The van der Waals surface area contributed by atoms with Crippen LogP contribution in [-0.2, 0) is 20.9 Å². The molecule has 0 fully saturated rings. The second kappa shape index (κ2) is 14.0. The lowest BCUT2D eigenvalue weighted by atomic mass is 10.2. The summed E-state index contributed by atoms with van der Waals surface area (Å²) in [5, 5.41) is 3.95. The fraction of sp³-hybridized carbons (Fsp3) is 0.500. The van der Waals surface area contributed by atoms with Crippen LogP contribution in [0.25, 0.3) is 0 Å². The first-order chi connectivity index (χ1) is 14.5. The minimum Gasteiger partial charge on any atom is -0.461 e. The number of hydrazone groups is 1. The predicted molar refractivity (Wildman–Crippen MR) is 118 cm³/mol. The lowest BCUT2D eigenvalue weighted by molar-refractivity contribution is -0.134. The number of carbonyl (C=O) groups is 2. The Hall–Kier alpha value is -3.03. The van der Waals surface area contributed by atoms with Gasteiger partial charge in [0.1, 0.15) is 6.61 Å². The quantitative estimate of drug-likeness (QED) is 0.319. The summed E-state index contributed by atoms with van der Waals surface area (Å²) in [5.74, 6) is -0.496. The number of rotatable bonds is 12. The van der Waals surface area contributed by atoms with E-state index in [1.165, 1.54) is 0 Å². The standard InChI is InChI=1S/C22H34N4O4/c1-6-19(25(5)15-14-20(24-23-4)21(27)29-8-3)16-26(7-2)22(28)30-17-18-12-10-9-11-13-18/h9-15,19,23H,6-8,16-17H2,1-5H3/b15-14+,24-20+/t19-/m0/s1. The van der Waals surface area contributed by atoms with E-state index in [2.05, 4.69) is 10.5 Å². The molecule has 1 amide bonds. The van der Waals surface area contributed by atoms with Gasteiger partial charge in [-0.15, -0.1) is 0 Å². The molecule has 0 bridgehead atoms. The first-order valence-electron chi connectivity index (χ1n) is 10.2. The van der Waals surface area contributed by atoms with Gasteiger partial charge in [-0.2, -0.15) is 5.10 Å². The van der Waals surface area contributed by atoms with Crippen LogP contribution in [0.5, 0.6) is 0 Å². The lowest BCUT2D eigenvalue weighted by Crippen LogP contribution is -2.42. The van der Waals surface area contributed by atoms with E-state index in [1.54, 1.807) is 31.1 Å². The summed E-state index contributed by atoms with van der Waals surface area (Å²) in [6.45, 7) is 7.27. The van der Waals surface area contributed by atoms with Crippen LogP contribution in [0.3, 0.4) is 0 Å². The Balaban J connectivity index is 2.72. The molecule has 0 unspecified atom stereocenters. The molecule has 0 aliphatic heterocycles. The summed E-state index contributed by atoms with van der Waals surface area (Å²) < 4.78 is 10.5. The van der Waals surface area contributed by atoms with Crippen LogP contribution in [0.15, 0.2) is 47.7 Å². The molecule has 30 heavy (non-hydrogen) atoms. The molecule has 0 saturated heterocycles. The molecule has 1 atom stereocenters. The van der Waals surface area contributed by atoms with Crippen molar-refractivity contribution in [2.24, 2.45) is 5.10 Å². The molecule has 1 N–H and O–H groups in total. The molecule has 0 aliphatic rings. The molecule has 166 valence electrons. The molecule has 1 aromatic rings. The Morgan fingerprint density at radius 1 is 1.17 bits per heavy atom. The molecule has 0 aromatic heterocycles. The monoisotopic (exact) mass is 418 g/mol. The number of hydrogen-bond donors (Lipinski definition) is 1. The van der Waals surface area contributed by atoms with E-state index in [9.17, 15) is 9.59 Å². The van der Waals surface area contributed by atoms with Crippen molar-refractivity contribution < 1.29 is 19.1 Å². The molecule has 0 radical (unpaired) electrons. The molecule has 1 aromatic carbocycles. The molecular formula is C22H34N4O4. The first-order valence-corrected chi connectivity index (χ1v) is 10.2. The third kappa shape index (κ3) is 8.55. The molecule has 0 spiro atoms. The van der Waals surface area contributed by atoms with Gasteiger partial charge in [0.25, 0.3) is 0 Å². The normalized spacial score (nSPS) is 12.4. The van der Waals surface area contributed by atoms with E-state index >= 15 is 0 Å². The van der Waals surface area contributed by atoms with Crippen LogP contribution in [0.4, 0.5) is 4.79 Å². The first kappa shape index (κ1) is 25.0. The van der Waals surface area contributed by atoms with Crippen LogP contribution in [-0.4, -0.2) is 67.4 Å². The zero-order valence-electron chi connectivity index (χ0n) is 18.6. The third-order valence-electron chi connectivity index (χ3n) is 4.51. The highest BCUT2D eigenvalue weighted by Gasteiger charge is 2.20. The van der Waals surface area contributed by atoms with Crippen molar-refractivity contribution in [3.05, 3.63) is 48.2 Å². The number of ether oxygens (including phenoxy) is 2. The van der Waals surface area contributed by atoms with Gasteiger partial charge in [0.05, 0.1) is 6.61 Å². The van der Waals surface area contributed by atoms with Gasteiger partial charge in [0.15, 0.2) is 5.71 Å². The summed E-state index contributed by atoms with van der Waals surface area (Å²) in [4.78, 5) is 28.1. The van der Waals surface area contributed by atoms with Crippen LogP contribution in [0, 0.1) is 0 Å². The minimum atomic E-state index is -0.496. The smallest absolute Gasteiger partial charge is 0.410 e. The van der Waals surface area contributed by atoms with Gasteiger partial charge in [0, 0.05) is 39.4 Å². The van der Waals surface area contributed by atoms with Crippen molar-refractivity contribution in [1.82, 2.24) is 15.2 Å². The van der Waals surface area contributed by atoms with Crippen LogP contribution in [0.1, 0.15) is 32.8 Å². The third-order valence-corrected chi connectivity index (χ3v) is 4.51. The molecule has 0 saturated carbocycles. The maximum absolute atomic E-state index is 12.5. The van der Waals surface area contributed by atoms with Crippen molar-refractivity contribution in [3.63, 3.8) is 0 Å². The number of hydrogen-bond acceptors (Lipinski definition) is 7. The van der Waals surface area contributed by atoms with Crippen molar-refractivity contribution in [2.75, 3.05) is 33.8 Å². The Morgan fingerprint density at radius 3 is 2.43 bits per heavy atom. The summed E-state index contributed by atoms with van der Waals surface area (Å²) in [6, 6.07) is 9.64. The van der Waals surface area contributed by atoms with E-state index in [4.69, 9.17) is 9.47 Å². The Kier molecular flexibility index (Phi) is 11.7. The van der Waals surface area contributed by atoms with Gasteiger partial charge < -0.3 is 24.7 Å². The van der Waals surface area contributed by atoms with Crippen LogP contribution < -0.4 is 5.43 Å². The SMILES string of the molecule is CCOC(=O)C(/C=C/N(C)[C@@H](CC)CN(CC)C(=O)OCc1ccccc1)=N/NC. The highest BCUT2D eigenvalue weighted by atomic mass is 16.6. The molecule has 1 rings (SSSR count). The van der Waals surface area contributed by atoms with E-state index in [-0.39, 0.29) is 31.1 Å². The number of esters is 1. The van der Waals surface area contributed by atoms with Crippen LogP contribution >= 0.6 is 0 Å². The van der Waals surface area contributed by atoms with Crippen molar-refractivity contribution >= 4 is 17.8 Å². The zero-order valence-corrected chi connectivity index (χ0v) is 18.6. The predicted octanol–water partition coefficient (Wildman–Crippen LogP) is 3.01. The lowest BCUT2D eigenvalue weighted by Gasteiger charge is -2.31. The number of likely N-dealkylation sites (N-methyl/N-ethyl adjacent to an activating group) is 2. The molecule has 0 aliphatic carbocycles. The number of nitrogens with zero attached hydrogens (tertiary/aromatic N) is 3. The summed E-state index contributed by atoms with van der Waals surface area (Å²) in [5.41, 5.74) is 3.73. The van der Waals surface area contributed by atoms with E-state index in [0.29, 0.717) is 13.1 Å². The topological polar surface area (TPSA) is 83.5 Å². The van der Waals surface area contributed by atoms with Gasteiger partial charge in [-0.05, 0) is 31.9 Å². The van der Waals surface area contributed by atoms with E-state index < -0.39 is 5.97 Å². The average molecular weight is 419 g/mol. The van der Waals surface area contributed by atoms with E-state index in [1.807, 2.05) is 56.1 Å². The van der Waals surface area contributed by atoms with Gasteiger partial charge in [-0.1, -0.05) is 37.3 Å². The number of benzene rings is 1. The largest absolute Gasteiger partial charge is 0.461 e. The van der Waals surface area contributed by atoms with Gasteiger partial charge >= 0.3 is 12.1 Å². The summed E-state index contributed by atoms with van der Waals surface area (Å²) >= 11 is 0. The molecule has 0 heterocycles. The van der Waals surface area contributed by atoms with Crippen molar-refractivity contribution in [3.8, 4) is 0 Å². The maximum atomic E-state index is 12.5. The summed E-state index contributed by atoms with van der Waals surface area (Å²) in [6.07, 6.45) is 3.83. The number of amides is 1. The van der Waals surface area contributed by atoms with Crippen molar-refractivity contribution in [2.45, 2.75) is 39.8 Å². The fourth-order valence-corrected chi connectivity index (χ4v) is 2.73. The average Bonchev–Trinajstić information content (AvgIpc) is 2.76. The maximum Gasteiger partial charge on any atom is 0.410 e. The second-order valence-corrected chi connectivity index (χ2v) is 6.56. The Morgan fingerprint density at radius 2 is 1.87 bits per heavy atom. The number of nitrogens with one attached hydrogen (secondary N) is 1. The number of carbonyl (C=O) groups excluding carboxylic acids is 2. The highest BCUT2D eigenvalue weighted by Crippen LogP contribution is 2.09. The Labute approximate surface area is 179 Å². The van der Waals surface area contributed by atoms with Crippen LogP contribution in [0.2, 0.25) is 0 Å². The molecule has 8 nitrogen and oxygen atoms in total. The molecular weight excluding hydrogens is 384 g/mol. The minimum absolute atomic E-state index is 0.0449. The van der Waals surface area contributed by atoms with Crippen molar-refractivity contribution in [1.29, 1.82) is 0 Å². The van der Waals surface area contributed by atoms with Gasteiger partial charge in [-0.25, -0.2) is 9.59 Å². The molecule has 8 heteroatoms. The Bertz CT molecular complexity index is 706.